The Hall–Kier alpha value is -1.19. The first-order valence-electron chi connectivity index (χ1n) is 6.95. The summed E-state index contributed by atoms with van der Waals surface area (Å²) in [5, 5.41) is 0. The lowest BCUT2D eigenvalue weighted by Crippen LogP contribution is -2.27. The number of rotatable bonds is 4. The molecule has 0 saturated carbocycles. The van der Waals surface area contributed by atoms with Crippen LogP contribution in [0.3, 0.4) is 0 Å². The molecule has 0 bridgehead atoms. The van der Waals surface area contributed by atoms with Crippen LogP contribution in [0.25, 0.3) is 0 Å². The minimum absolute atomic E-state index is 0.212. The third-order valence-corrected chi connectivity index (χ3v) is 5.98. The van der Waals surface area contributed by atoms with Crippen LogP contribution in [-0.2, 0) is 10.0 Å². The lowest BCUT2D eigenvalue weighted by atomic mass is 10.3. The molecule has 1 aromatic heterocycles. The summed E-state index contributed by atoms with van der Waals surface area (Å²) in [6.45, 7) is 1.17. The van der Waals surface area contributed by atoms with Crippen LogP contribution in [0.5, 0.6) is 11.6 Å². The molecule has 1 aromatic carbocycles. The molecule has 1 aliphatic rings. The van der Waals surface area contributed by atoms with Gasteiger partial charge in [0.05, 0.1) is 6.20 Å². The molecule has 2 heterocycles. The number of sulfonamides is 1. The van der Waals surface area contributed by atoms with Crippen molar-refractivity contribution in [3.05, 3.63) is 46.2 Å². The Morgan fingerprint density at radius 2 is 1.91 bits per heavy atom. The number of hydrogen-bond donors (Lipinski definition) is 0. The molecule has 1 saturated heterocycles. The first kappa shape index (κ1) is 15.7. The molecule has 0 amide bonds. The van der Waals surface area contributed by atoms with Gasteiger partial charge in [-0.1, -0.05) is 6.07 Å². The van der Waals surface area contributed by atoms with E-state index in [4.69, 9.17) is 4.74 Å². The fraction of sp³-hybridized carbons (Fsp3) is 0.267. The van der Waals surface area contributed by atoms with Crippen molar-refractivity contribution >= 4 is 32.6 Å². The van der Waals surface area contributed by atoms with E-state index in [0.717, 1.165) is 16.4 Å². The molecule has 2 aromatic rings. The summed E-state index contributed by atoms with van der Waals surface area (Å²) >= 11 is 2.20. The Kier molecular flexibility index (Phi) is 4.65. The molecule has 5 nitrogen and oxygen atoms in total. The Morgan fingerprint density at radius 3 is 2.55 bits per heavy atom. The second-order valence-corrected chi connectivity index (χ2v) is 8.19. The van der Waals surface area contributed by atoms with Crippen molar-refractivity contribution in [3.8, 4) is 11.6 Å². The summed E-state index contributed by atoms with van der Waals surface area (Å²) in [7, 11) is -3.42. The van der Waals surface area contributed by atoms with Gasteiger partial charge in [-0.15, -0.1) is 0 Å². The Bertz CT molecular complexity index is 757. The van der Waals surface area contributed by atoms with Crippen molar-refractivity contribution in [1.82, 2.24) is 9.29 Å². The molecule has 22 heavy (non-hydrogen) atoms. The zero-order valence-corrected chi connectivity index (χ0v) is 14.7. The molecule has 0 spiro atoms. The fourth-order valence-electron chi connectivity index (χ4n) is 2.31. The van der Waals surface area contributed by atoms with Gasteiger partial charge in [0, 0.05) is 22.7 Å². The number of nitrogens with zero attached hydrogens (tertiary/aromatic N) is 2. The van der Waals surface area contributed by atoms with Crippen molar-refractivity contribution in [2.45, 2.75) is 17.7 Å². The normalized spacial score (nSPS) is 15.9. The van der Waals surface area contributed by atoms with Gasteiger partial charge in [0.15, 0.2) is 0 Å². The summed E-state index contributed by atoms with van der Waals surface area (Å²) in [4.78, 5) is 4.32. The van der Waals surface area contributed by atoms with Gasteiger partial charge in [-0.3, -0.25) is 0 Å². The van der Waals surface area contributed by atoms with Crippen molar-refractivity contribution in [2.75, 3.05) is 13.1 Å². The van der Waals surface area contributed by atoms with Gasteiger partial charge < -0.3 is 4.74 Å². The first-order chi connectivity index (χ1) is 10.6. The number of halogens is 1. The first-order valence-corrected chi connectivity index (χ1v) is 9.47. The summed E-state index contributed by atoms with van der Waals surface area (Å²) in [5.41, 5.74) is 0. The summed E-state index contributed by atoms with van der Waals surface area (Å²) in [6.07, 6.45) is 3.19. The summed E-state index contributed by atoms with van der Waals surface area (Å²) < 4.78 is 33.0. The van der Waals surface area contributed by atoms with Gasteiger partial charge in [0.1, 0.15) is 10.6 Å². The molecule has 7 heteroatoms. The van der Waals surface area contributed by atoms with Crippen LogP contribution in [0.4, 0.5) is 0 Å². The molecule has 0 N–H and O–H groups in total. The van der Waals surface area contributed by atoms with E-state index in [2.05, 4.69) is 27.6 Å². The molecule has 0 atom stereocenters. The van der Waals surface area contributed by atoms with Crippen LogP contribution in [-0.4, -0.2) is 30.8 Å². The van der Waals surface area contributed by atoms with Gasteiger partial charge in [-0.05, 0) is 59.7 Å². The number of aromatic nitrogens is 1. The highest BCUT2D eigenvalue weighted by atomic mass is 127. The van der Waals surface area contributed by atoms with Crippen LogP contribution in [0.15, 0.2) is 47.5 Å². The van der Waals surface area contributed by atoms with E-state index in [9.17, 15) is 8.42 Å². The molecule has 0 aliphatic carbocycles. The van der Waals surface area contributed by atoms with Crippen molar-refractivity contribution in [1.29, 1.82) is 0 Å². The Balaban J connectivity index is 1.78. The van der Waals surface area contributed by atoms with Crippen molar-refractivity contribution < 1.29 is 13.2 Å². The zero-order chi connectivity index (χ0) is 15.6. The minimum atomic E-state index is -3.42. The smallest absolute Gasteiger partial charge is 0.244 e. The second kappa shape index (κ2) is 6.51. The lowest BCUT2D eigenvalue weighted by Gasteiger charge is -2.15. The van der Waals surface area contributed by atoms with Gasteiger partial charge in [-0.25, -0.2) is 13.4 Å². The molecule has 116 valence electrons. The number of benzene rings is 1. The van der Waals surface area contributed by atoms with E-state index in [-0.39, 0.29) is 4.90 Å². The van der Waals surface area contributed by atoms with E-state index in [1.54, 1.807) is 12.1 Å². The summed E-state index contributed by atoms with van der Waals surface area (Å²) in [6, 6.07) is 10.7. The number of pyridine rings is 1. The number of hydrogen-bond acceptors (Lipinski definition) is 4. The van der Waals surface area contributed by atoms with E-state index >= 15 is 0 Å². The predicted molar refractivity (Wildman–Crippen MR) is 91.5 cm³/mol. The van der Waals surface area contributed by atoms with Crippen LogP contribution in [0, 0.1) is 3.57 Å². The van der Waals surface area contributed by atoms with Crippen LogP contribution < -0.4 is 4.74 Å². The van der Waals surface area contributed by atoms with Crippen molar-refractivity contribution in [2.24, 2.45) is 0 Å². The number of ether oxygens (including phenoxy) is 1. The van der Waals surface area contributed by atoms with Gasteiger partial charge in [0.25, 0.3) is 0 Å². The van der Waals surface area contributed by atoms with Crippen LogP contribution in [0.1, 0.15) is 12.8 Å². The average molecular weight is 430 g/mol. The zero-order valence-electron chi connectivity index (χ0n) is 11.8. The topological polar surface area (TPSA) is 59.5 Å². The SMILES string of the molecule is O=S(=O)(c1ccc(Oc2cccc(I)c2)nc1)N1CCCC1. The highest BCUT2D eigenvalue weighted by molar-refractivity contribution is 14.1. The second-order valence-electron chi connectivity index (χ2n) is 5.00. The van der Waals surface area contributed by atoms with Crippen molar-refractivity contribution in [3.63, 3.8) is 0 Å². The van der Waals surface area contributed by atoms with Gasteiger partial charge in [-0.2, -0.15) is 4.31 Å². The maximum atomic E-state index is 12.4. The minimum Gasteiger partial charge on any atom is -0.439 e. The van der Waals surface area contributed by atoms with Gasteiger partial charge in [0.2, 0.25) is 15.9 Å². The molecular formula is C15H15IN2O3S. The predicted octanol–water partition coefficient (Wildman–Crippen LogP) is 3.26. The highest BCUT2D eigenvalue weighted by Gasteiger charge is 2.27. The highest BCUT2D eigenvalue weighted by Crippen LogP contribution is 2.24. The maximum absolute atomic E-state index is 12.4. The maximum Gasteiger partial charge on any atom is 0.244 e. The monoisotopic (exact) mass is 430 g/mol. The summed E-state index contributed by atoms with van der Waals surface area (Å²) in [5.74, 6) is 1.05. The van der Waals surface area contributed by atoms with E-state index in [1.165, 1.54) is 10.5 Å². The van der Waals surface area contributed by atoms with E-state index in [1.807, 2.05) is 24.3 Å². The third-order valence-electron chi connectivity index (χ3n) is 3.43. The van der Waals surface area contributed by atoms with Gasteiger partial charge >= 0.3 is 0 Å². The third kappa shape index (κ3) is 3.41. The van der Waals surface area contributed by atoms with E-state index in [0.29, 0.717) is 24.7 Å². The standard InChI is InChI=1S/C15H15IN2O3S/c16-12-4-3-5-13(10-12)21-15-7-6-14(11-17-15)22(19,20)18-8-1-2-9-18/h3-7,10-11H,1-2,8-9H2. The molecule has 1 aliphatic heterocycles. The Morgan fingerprint density at radius 1 is 1.14 bits per heavy atom. The quantitative estimate of drug-likeness (QED) is 0.699. The van der Waals surface area contributed by atoms with E-state index < -0.39 is 10.0 Å². The van der Waals surface area contributed by atoms with Crippen LogP contribution in [0.2, 0.25) is 0 Å². The fourth-order valence-corrected chi connectivity index (χ4v) is 4.29. The Labute approximate surface area is 143 Å². The lowest BCUT2D eigenvalue weighted by molar-refractivity contribution is 0.459. The molecule has 0 radical (unpaired) electrons. The largest absolute Gasteiger partial charge is 0.439 e. The molecule has 3 rings (SSSR count). The molecule has 1 fully saturated rings. The molecule has 0 unspecified atom stereocenters. The average Bonchev–Trinajstić information content (AvgIpc) is 3.03. The van der Waals surface area contributed by atoms with Crippen LogP contribution >= 0.6 is 22.6 Å². The molecular weight excluding hydrogens is 415 g/mol.